The van der Waals surface area contributed by atoms with Crippen molar-refractivity contribution in [1.82, 2.24) is 9.88 Å². The molecule has 3 heterocycles. The zero-order valence-corrected chi connectivity index (χ0v) is 16.4. The number of aromatic nitrogens is 1. The number of hydrogen-bond acceptors (Lipinski definition) is 5. The lowest BCUT2D eigenvalue weighted by atomic mass is 10.2. The Hall–Kier alpha value is -3.35. The van der Waals surface area contributed by atoms with Gasteiger partial charge < -0.3 is 19.5 Å². The highest BCUT2D eigenvalue weighted by Crippen LogP contribution is 2.32. The Kier molecular flexibility index (Phi) is 5.46. The van der Waals surface area contributed by atoms with Gasteiger partial charge in [-0.2, -0.15) is 0 Å². The fourth-order valence-corrected chi connectivity index (χ4v) is 3.57. The number of fused-ring (bicyclic) bond motifs is 1. The average Bonchev–Trinajstić information content (AvgIpc) is 3.12. The van der Waals surface area contributed by atoms with Crippen molar-refractivity contribution in [1.29, 1.82) is 0 Å². The van der Waals surface area contributed by atoms with E-state index in [4.69, 9.17) is 4.42 Å². The number of nitrogens with one attached hydrogen (secondary N) is 1. The molecule has 7 nitrogen and oxygen atoms in total. The number of pyridine rings is 1. The minimum atomic E-state index is -0.200. The van der Waals surface area contributed by atoms with Crippen LogP contribution >= 0.6 is 0 Å². The van der Waals surface area contributed by atoms with Gasteiger partial charge in [-0.05, 0) is 30.7 Å². The summed E-state index contributed by atoms with van der Waals surface area (Å²) in [4.78, 5) is 33.7. The molecule has 0 aliphatic carbocycles. The summed E-state index contributed by atoms with van der Waals surface area (Å²) in [5, 5.41) is 3.63. The largest absolute Gasteiger partial charge is 0.449 e. The van der Waals surface area contributed by atoms with Gasteiger partial charge in [-0.3, -0.25) is 9.59 Å². The van der Waals surface area contributed by atoms with E-state index in [2.05, 4.69) is 15.2 Å². The summed E-state index contributed by atoms with van der Waals surface area (Å²) in [7, 11) is 0. The molecular weight excluding hydrogens is 368 g/mol. The van der Waals surface area contributed by atoms with Crippen molar-refractivity contribution in [3.63, 3.8) is 0 Å². The molecule has 0 atom stereocenters. The van der Waals surface area contributed by atoms with Crippen molar-refractivity contribution in [3.05, 3.63) is 54.4 Å². The lowest BCUT2D eigenvalue weighted by Crippen LogP contribution is -2.49. The van der Waals surface area contributed by atoms with Gasteiger partial charge in [0.25, 0.3) is 5.91 Å². The molecule has 1 aliphatic heterocycles. The predicted molar refractivity (Wildman–Crippen MR) is 112 cm³/mol. The predicted octanol–water partition coefficient (Wildman–Crippen LogP) is 3.53. The van der Waals surface area contributed by atoms with E-state index in [1.165, 1.54) is 0 Å². The third-order valence-corrected chi connectivity index (χ3v) is 5.07. The number of piperazine rings is 1. The molecule has 2 aromatic heterocycles. The Morgan fingerprint density at radius 1 is 1.07 bits per heavy atom. The maximum Gasteiger partial charge on any atom is 0.291 e. The molecule has 2 amide bonds. The Bertz CT molecular complexity index is 1010. The maximum atomic E-state index is 13.2. The van der Waals surface area contributed by atoms with Gasteiger partial charge in [0.1, 0.15) is 17.1 Å². The molecule has 4 rings (SSSR count). The first-order chi connectivity index (χ1) is 14.2. The van der Waals surface area contributed by atoms with E-state index >= 15 is 0 Å². The Balaban J connectivity index is 1.55. The number of benzene rings is 1. The molecule has 0 saturated carbocycles. The topological polar surface area (TPSA) is 78.7 Å². The van der Waals surface area contributed by atoms with Gasteiger partial charge in [0, 0.05) is 44.2 Å². The summed E-state index contributed by atoms with van der Waals surface area (Å²) >= 11 is 0. The van der Waals surface area contributed by atoms with Crippen LogP contribution in [0.1, 0.15) is 30.3 Å². The first-order valence-corrected chi connectivity index (χ1v) is 9.94. The second-order valence-corrected chi connectivity index (χ2v) is 7.07. The number of furan rings is 1. The first kappa shape index (κ1) is 19.0. The normalized spacial score (nSPS) is 14.2. The van der Waals surface area contributed by atoms with Crippen LogP contribution in [-0.2, 0) is 4.79 Å². The summed E-state index contributed by atoms with van der Waals surface area (Å²) in [6, 6.07) is 13.2. The molecule has 1 N–H and O–H groups in total. The quantitative estimate of drug-likeness (QED) is 0.719. The molecule has 1 saturated heterocycles. The van der Waals surface area contributed by atoms with E-state index < -0.39 is 0 Å². The molecule has 0 spiro atoms. The number of carbonyl (C=O) groups excluding carboxylic acids is 2. The number of rotatable bonds is 5. The van der Waals surface area contributed by atoms with Gasteiger partial charge in [-0.25, -0.2) is 4.98 Å². The second kappa shape index (κ2) is 8.34. The Morgan fingerprint density at radius 2 is 1.83 bits per heavy atom. The summed E-state index contributed by atoms with van der Waals surface area (Å²) in [6.45, 7) is 4.46. The van der Waals surface area contributed by atoms with Crippen LogP contribution in [0.4, 0.5) is 11.5 Å². The van der Waals surface area contributed by atoms with Crippen molar-refractivity contribution >= 4 is 34.3 Å². The standard InChI is InChI=1S/C22H24N4O3/c1-2-7-19(27)24-20-16-8-3-4-9-17(16)29-21(20)22(28)26-14-12-25(13-15-26)18-10-5-6-11-23-18/h3-6,8-11H,2,7,12-15H2,1H3,(H,24,27). The Morgan fingerprint density at radius 3 is 2.55 bits per heavy atom. The minimum Gasteiger partial charge on any atom is -0.449 e. The van der Waals surface area contributed by atoms with Crippen LogP contribution in [0.3, 0.4) is 0 Å². The number of amides is 2. The van der Waals surface area contributed by atoms with Crippen molar-refractivity contribution < 1.29 is 14.0 Å². The number of para-hydroxylation sites is 1. The van der Waals surface area contributed by atoms with Gasteiger partial charge >= 0.3 is 0 Å². The molecule has 0 unspecified atom stereocenters. The van der Waals surface area contributed by atoms with Gasteiger partial charge in [-0.1, -0.05) is 25.1 Å². The summed E-state index contributed by atoms with van der Waals surface area (Å²) in [5.41, 5.74) is 1.06. The molecule has 3 aromatic rings. The van der Waals surface area contributed by atoms with Gasteiger partial charge in [0.2, 0.25) is 11.7 Å². The van der Waals surface area contributed by atoms with Gasteiger partial charge in [0.15, 0.2) is 0 Å². The molecule has 29 heavy (non-hydrogen) atoms. The fourth-order valence-electron chi connectivity index (χ4n) is 3.57. The third-order valence-electron chi connectivity index (χ3n) is 5.07. The molecule has 1 fully saturated rings. The van der Waals surface area contributed by atoms with E-state index in [9.17, 15) is 9.59 Å². The number of carbonyl (C=O) groups is 2. The van der Waals surface area contributed by atoms with E-state index in [1.807, 2.05) is 43.3 Å². The van der Waals surface area contributed by atoms with Crippen molar-refractivity contribution in [2.45, 2.75) is 19.8 Å². The highest BCUT2D eigenvalue weighted by atomic mass is 16.3. The van der Waals surface area contributed by atoms with E-state index in [1.54, 1.807) is 17.2 Å². The molecule has 1 aromatic carbocycles. The minimum absolute atomic E-state index is 0.118. The van der Waals surface area contributed by atoms with Gasteiger partial charge in [-0.15, -0.1) is 0 Å². The zero-order chi connectivity index (χ0) is 20.2. The highest BCUT2D eigenvalue weighted by Gasteiger charge is 2.29. The van der Waals surface area contributed by atoms with Crippen LogP contribution in [0, 0.1) is 0 Å². The molecule has 150 valence electrons. The summed E-state index contributed by atoms with van der Waals surface area (Å²) in [6.07, 6.45) is 2.91. The number of anilines is 2. The van der Waals surface area contributed by atoms with Crippen LogP contribution in [0.5, 0.6) is 0 Å². The fraction of sp³-hybridized carbons (Fsp3) is 0.318. The van der Waals surface area contributed by atoms with E-state index in [-0.39, 0.29) is 17.6 Å². The molecular formula is C22H24N4O3. The number of nitrogens with zero attached hydrogens (tertiary/aromatic N) is 3. The SMILES string of the molecule is CCCC(=O)Nc1c(C(=O)N2CCN(c3ccccn3)CC2)oc2ccccc12. The lowest BCUT2D eigenvalue weighted by molar-refractivity contribution is -0.116. The van der Waals surface area contributed by atoms with Crippen LogP contribution in [-0.4, -0.2) is 47.9 Å². The van der Waals surface area contributed by atoms with Crippen molar-refractivity contribution in [2.75, 3.05) is 36.4 Å². The van der Waals surface area contributed by atoms with E-state index in [0.29, 0.717) is 43.9 Å². The van der Waals surface area contributed by atoms with Crippen molar-refractivity contribution in [2.24, 2.45) is 0 Å². The van der Waals surface area contributed by atoms with Crippen LogP contribution in [0.2, 0.25) is 0 Å². The molecule has 7 heteroatoms. The first-order valence-electron chi connectivity index (χ1n) is 9.94. The number of hydrogen-bond donors (Lipinski definition) is 1. The third kappa shape index (κ3) is 3.94. The monoisotopic (exact) mass is 392 g/mol. The summed E-state index contributed by atoms with van der Waals surface area (Å²) < 4.78 is 5.87. The average molecular weight is 392 g/mol. The molecule has 0 radical (unpaired) electrons. The van der Waals surface area contributed by atoms with Crippen molar-refractivity contribution in [3.8, 4) is 0 Å². The van der Waals surface area contributed by atoms with Crippen LogP contribution < -0.4 is 10.2 Å². The van der Waals surface area contributed by atoms with Crippen LogP contribution in [0.25, 0.3) is 11.0 Å². The summed E-state index contributed by atoms with van der Waals surface area (Å²) in [5.74, 6) is 0.791. The van der Waals surface area contributed by atoms with E-state index in [0.717, 1.165) is 17.6 Å². The highest BCUT2D eigenvalue weighted by molar-refractivity contribution is 6.10. The molecule has 0 bridgehead atoms. The van der Waals surface area contributed by atoms with Crippen LogP contribution in [0.15, 0.2) is 53.1 Å². The van der Waals surface area contributed by atoms with Gasteiger partial charge in [0.05, 0.1) is 0 Å². The maximum absolute atomic E-state index is 13.2. The second-order valence-electron chi connectivity index (χ2n) is 7.07. The Labute approximate surface area is 169 Å². The molecule has 1 aliphatic rings. The smallest absolute Gasteiger partial charge is 0.291 e. The zero-order valence-electron chi connectivity index (χ0n) is 16.4. The lowest BCUT2D eigenvalue weighted by Gasteiger charge is -2.35.